The third-order valence-electron chi connectivity index (χ3n) is 9.29. The average Bonchev–Trinajstić information content (AvgIpc) is 3.67. The monoisotopic (exact) mass is 641 g/mol. The summed E-state index contributed by atoms with van der Waals surface area (Å²) in [6.45, 7) is 16.9. The van der Waals surface area contributed by atoms with Crippen molar-refractivity contribution in [3.8, 4) is 17.2 Å². The fourth-order valence-corrected chi connectivity index (χ4v) is 6.52. The lowest BCUT2D eigenvalue weighted by atomic mass is 9.93. The zero-order chi connectivity index (χ0) is 33.6. The van der Waals surface area contributed by atoms with Crippen LogP contribution in [0.15, 0.2) is 104 Å². The molecule has 246 valence electrons. The van der Waals surface area contributed by atoms with Gasteiger partial charge < -0.3 is 29.4 Å². The highest BCUT2D eigenvalue weighted by Crippen LogP contribution is 2.32. The first-order valence-corrected chi connectivity index (χ1v) is 16.5. The number of amides is 1. The van der Waals surface area contributed by atoms with E-state index in [2.05, 4.69) is 48.7 Å². The molecule has 0 bridgehead atoms. The van der Waals surface area contributed by atoms with E-state index >= 15 is 0 Å². The Morgan fingerprint density at radius 2 is 1.56 bits per heavy atom. The minimum Gasteiger partial charge on any atom is -0.507 e. The standard InChI is InChI=1S/C41H43N3O4/c1-28(37(24-32-12-6-5-7-13-32)42-29(2)34-14-10-11-17-38(34)45)26-43(22-20-33-18-19-39-40(25-33)48-27-47-39)41(46)21-23-44-30(3)35-15-8-9-16-36(35)31(44)4/h5-19,25,28,37,42,45H,2-4,20-24,26-27H2,1H3/t28?,37-/m0/s1. The molecule has 1 unspecified atom stereocenters. The first-order valence-electron chi connectivity index (χ1n) is 16.5. The highest BCUT2D eigenvalue weighted by atomic mass is 16.7. The van der Waals surface area contributed by atoms with Gasteiger partial charge in [0.2, 0.25) is 12.7 Å². The predicted molar refractivity (Wildman–Crippen MR) is 193 cm³/mol. The molecule has 1 aliphatic heterocycles. The zero-order valence-corrected chi connectivity index (χ0v) is 27.5. The Balaban J connectivity index is 1.23. The number of phenolic OH excluding ortho intramolecular Hbond substituents is 1. The van der Waals surface area contributed by atoms with Crippen LogP contribution in [0.4, 0.5) is 0 Å². The average molecular weight is 642 g/mol. The van der Waals surface area contributed by atoms with E-state index in [1.54, 1.807) is 12.1 Å². The lowest BCUT2D eigenvalue weighted by molar-refractivity contribution is -0.132. The predicted octanol–water partition coefficient (Wildman–Crippen LogP) is 5.87. The van der Waals surface area contributed by atoms with Gasteiger partial charge in [-0.1, -0.05) is 99.5 Å². The number of aromatic nitrogens is 1. The smallest absolute Gasteiger partial charge is 0.231 e. The van der Waals surface area contributed by atoms with Gasteiger partial charge in [0, 0.05) is 64.8 Å². The molecule has 6 rings (SSSR count). The van der Waals surface area contributed by atoms with Gasteiger partial charge in [0.05, 0.1) is 0 Å². The van der Waals surface area contributed by atoms with Gasteiger partial charge in [0.25, 0.3) is 0 Å². The maximum absolute atomic E-state index is 14.1. The summed E-state index contributed by atoms with van der Waals surface area (Å²) < 4.78 is 13.2. The molecule has 0 radical (unpaired) electrons. The van der Waals surface area contributed by atoms with Gasteiger partial charge in [-0.15, -0.1) is 0 Å². The molecule has 7 heteroatoms. The van der Waals surface area contributed by atoms with Crippen molar-refractivity contribution in [3.05, 3.63) is 131 Å². The van der Waals surface area contributed by atoms with Gasteiger partial charge in [0.1, 0.15) is 5.75 Å². The number of hydrogen-bond donors (Lipinski definition) is 2. The van der Waals surface area contributed by atoms with Crippen LogP contribution in [0.5, 0.6) is 17.2 Å². The number of nitrogens with one attached hydrogen (secondary N) is 1. The maximum atomic E-state index is 14.1. The number of rotatable bonds is 14. The Morgan fingerprint density at radius 3 is 2.29 bits per heavy atom. The molecule has 0 aliphatic carbocycles. The van der Waals surface area contributed by atoms with Gasteiger partial charge in [-0.25, -0.2) is 0 Å². The molecule has 1 amide bonds. The zero-order valence-electron chi connectivity index (χ0n) is 27.5. The van der Waals surface area contributed by atoms with E-state index in [-0.39, 0.29) is 30.4 Å². The fraction of sp³-hybridized carbons (Fsp3) is 0.244. The van der Waals surface area contributed by atoms with Crippen LogP contribution in [0, 0.1) is 5.92 Å². The van der Waals surface area contributed by atoms with E-state index in [0.29, 0.717) is 43.7 Å². The van der Waals surface area contributed by atoms with Crippen molar-refractivity contribution in [3.63, 3.8) is 0 Å². The molecule has 0 saturated heterocycles. The van der Waals surface area contributed by atoms with E-state index < -0.39 is 0 Å². The first-order chi connectivity index (χ1) is 23.3. The van der Waals surface area contributed by atoms with Crippen LogP contribution in [0.2, 0.25) is 0 Å². The molecule has 4 aromatic carbocycles. The minimum atomic E-state index is -0.0620. The Hall–Kier alpha value is -5.43. The van der Waals surface area contributed by atoms with Gasteiger partial charge in [-0.3, -0.25) is 4.79 Å². The Morgan fingerprint density at radius 1 is 0.896 bits per heavy atom. The quantitative estimate of drug-likeness (QED) is 0.159. The van der Waals surface area contributed by atoms with Crippen molar-refractivity contribution in [2.45, 2.75) is 38.8 Å². The number of hydrogen-bond acceptors (Lipinski definition) is 5. The summed E-state index contributed by atoms with van der Waals surface area (Å²) >= 11 is 0. The highest BCUT2D eigenvalue weighted by Gasteiger charge is 2.25. The molecule has 0 saturated carbocycles. The fourth-order valence-electron chi connectivity index (χ4n) is 6.52. The summed E-state index contributed by atoms with van der Waals surface area (Å²) in [4.78, 5) is 16.1. The normalized spacial score (nSPS) is 13.3. The Kier molecular flexibility index (Phi) is 9.86. The van der Waals surface area contributed by atoms with Gasteiger partial charge in [-0.2, -0.15) is 0 Å². The Labute approximate surface area is 282 Å². The molecule has 1 aliphatic rings. The molecular weight excluding hydrogens is 598 g/mol. The SMILES string of the molecule is C=C(N[C@@H](Cc1ccccc1)C(C)CN(CCc1ccc2c(c1)OCO2)C(=O)CCn1c(=C)c2ccccc2c1=C)c1ccccc1O. The number of benzene rings is 4. The number of carbonyl (C=O) groups is 1. The second kappa shape index (κ2) is 14.6. The summed E-state index contributed by atoms with van der Waals surface area (Å²) in [6.07, 6.45) is 1.72. The minimum absolute atomic E-state index is 0.0366. The van der Waals surface area contributed by atoms with E-state index in [1.165, 1.54) is 5.56 Å². The number of phenols is 1. The highest BCUT2D eigenvalue weighted by molar-refractivity contribution is 5.83. The van der Waals surface area contributed by atoms with Crippen molar-refractivity contribution in [1.29, 1.82) is 0 Å². The molecule has 2 atom stereocenters. The van der Waals surface area contributed by atoms with Crippen LogP contribution in [-0.4, -0.2) is 46.4 Å². The van der Waals surface area contributed by atoms with Gasteiger partial charge >= 0.3 is 0 Å². The van der Waals surface area contributed by atoms with Crippen molar-refractivity contribution in [2.75, 3.05) is 19.9 Å². The number of carbonyl (C=O) groups excluding carboxylic acids is 1. The van der Waals surface area contributed by atoms with E-state index in [0.717, 1.165) is 45.0 Å². The second-order valence-electron chi connectivity index (χ2n) is 12.5. The summed E-state index contributed by atoms with van der Waals surface area (Å²) in [7, 11) is 0. The molecule has 1 aromatic heterocycles. The number of para-hydroxylation sites is 1. The summed E-state index contributed by atoms with van der Waals surface area (Å²) in [5.41, 5.74) is 3.56. The molecule has 48 heavy (non-hydrogen) atoms. The van der Waals surface area contributed by atoms with Crippen LogP contribution >= 0.6 is 0 Å². The molecule has 5 aromatic rings. The van der Waals surface area contributed by atoms with Crippen molar-refractivity contribution < 1.29 is 19.4 Å². The van der Waals surface area contributed by atoms with Crippen molar-refractivity contribution in [2.24, 2.45) is 5.92 Å². The van der Waals surface area contributed by atoms with Crippen LogP contribution in [0.1, 0.15) is 30.0 Å². The Bertz CT molecular complexity index is 1970. The number of nitrogens with zero attached hydrogens (tertiary/aromatic N) is 2. The summed E-state index contributed by atoms with van der Waals surface area (Å²) in [6, 6.07) is 31.5. The first kappa shape index (κ1) is 32.5. The molecule has 2 heterocycles. The number of aromatic hydroxyl groups is 1. The van der Waals surface area contributed by atoms with Crippen LogP contribution in [0.3, 0.4) is 0 Å². The molecule has 0 fully saturated rings. The second-order valence-corrected chi connectivity index (χ2v) is 12.5. The summed E-state index contributed by atoms with van der Waals surface area (Å²) in [5.74, 6) is 1.76. The molecular formula is C41H43N3O4. The molecule has 0 spiro atoms. The van der Waals surface area contributed by atoms with Crippen LogP contribution in [-0.2, 0) is 24.2 Å². The van der Waals surface area contributed by atoms with Gasteiger partial charge in [0.15, 0.2) is 11.5 Å². The third-order valence-corrected chi connectivity index (χ3v) is 9.29. The van der Waals surface area contributed by atoms with E-state index in [1.807, 2.05) is 77.7 Å². The molecule has 7 nitrogen and oxygen atoms in total. The summed E-state index contributed by atoms with van der Waals surface area (Å²) in [5, 5.41) is 18.0. The number of fused-ring (bicyclic) bond motifs is 2. The van der Waals surface area contributed by atoms with E-state index in [9.17, 15) is 9.90 Å². The van der Waals surface area contributed by atoms with Gasteiger partial charge in [-0.05, 0) is 54.2 Å². The third kappa shape index (κ3) is 7.26. The number of ether oxygens (including phenoxy) is 2. The lowest BCUT2D eigenvalue weighted by Gasteiger charge is -2.33. The maximum Gasteiger partial charge on any atom is 0.231 e. The lowest BCUT2D eigenvalue weighted by Crippen LogP contribution is -2.44. The van der Waals surface area contributed by atoms with Crippen LogP contribution in [0.25, 0.3) is 29.6 Å². The van der Waals surface area contributed by atoms with Crippen LogP contribution < -0.4 is 25.5 Å². The van der Waals surface area contributed by atoms with Crippen molar-refractivity contribution >= 4 is 35.5 Å². The molecule has 2 N–H and O–H groups in total. The topological polar surface area (TPSA) is 76.0 Å². The largest absolute Gasteiger partial charge is 0.507 e. The van der Waals surface area contributed by atoms with Crippen molar-refractivity contribution in [1.82, 2.24) is 14.8 Å². The van der Waals surface area contributed by atoms with E-state index in [4.69, 9.17) is 9.47 Å².